The Morgan fingerprint density at radius 1 is 1.41 bits per heavy atom. The van der Waals surface area contributed by atoms with Crippen molar-refractivity contribution < 1.29 is 23.8 Å². The van der Waals surface area contributed by atoms with Crippen LogP contribution in [0.25, 0.3) is 0 Å². The van der Waals surface area contributed by atoms with Crippen molar-refractivity contribution >= 4 is 28.9 Å². The van der Waals surface area contributed by atoms with Gasteiger partial charge in [0.15, 0.2) is 0 Å². The van der Waals surface area contributed by atoms with E-state index in [-0.39, 0.29) is 23.5 Å². The maximum absolute atomic E-state index is 14.5. The van der Waals surface area contributed by atoms with Gasteiger partial charge in [-0.1, -0.05) is 17.7 Å². The molecule has 0 aliphatic carbocycles. The van der Waals surface area contributed by atoms with E-state index in [1.165, 1.54) is 29.5 Å². The van der Waals surface area contributed by atoms with E-state index < -0.39 is 29.2 Å². The Morgan fingerprint density at radius 3 is 2.79 bits per heavy atom. The first-order valence-corrected chi connectivity index (χ1v) is 9.65. The third-order valence-electron chi connectivity index (χ3n) is 4.56. The summed E-state index contributed by atoms with van der Waals surface area (Å²) >= 11 is 6.84. The number of aromatic carboxylic acids is 1. The molecule has 3 aromatic rings. The smallest absolute Gasteiger partial charge is 0.346 e. The normalized spacial score (nSPS) is 14.5. The summed E-state index contributed by atoms with van der Waals surface area (Å²) in [5.41, 5.74) is -1.53. The summed E-state index contributed by atoms with van der Waals surface area (Å²) in [7, 11) is 0. The maximum atomic E-state index is 14.5. The molecule has 0 amide bonds. The van der Waals surface area contributed by atoms with E-state index in [2.05, 4.69) is 15.4 Å². The number of hydrogen-bond acceptors (Lipinski definition) is 6. The number of carboxylic acid groups (broad SMARTS) is 1. The number of aromatic nitrogens is 3. The number of benzene rings is 1. The van der Waals surface area contributed by atoms with Gasteiger partial charge < -0.3 is 15.5 Å². The average molecular weight is 443 g/mol. The minimum atomic E-state index is -1.84. The van der Waals surface area contributed by atoms with Gasteiger partial charge in [-0.15, -0.1) is 11.3 Å². The predicted octanol–water partition coefficient (Wildman–Crippen LogP) is 3.04. The topological polar surface area (TPSA) is 100 Å². The quantitative estimate of drug-likeness (QED) is 0.496. The molecule has 0 radical (unpaired) electrons. The Hall–Kier alpha value is -2.40. The molecular weight excluding hydrogens is 426 g/mol. The van der Waals surface area contributed by atoms with Crippen molar-refractivity contribution in [3.05, 3.63) is 68.9 Å². The third kappa shape index (κ3) is 4.61. The van der Waals surface area contributed by atoms with Crippen LogP contribution in [0, 0.1) is 11.6 Å². The molecule has 0 saturated heterocycles. The fraction of sp³-hybridized carbons (Fsp3) is 0.278. The van der Waals surface area contributed by atoms with Gasteiger partial charge in [-0.05, 0) is 24.6 Å². The van der Waals surface area contributed by atoms with Gasteiger partial charge in [0.2, 0.25) is 0 Å². The number of nitrogens with zero attached hydrogens (tertiary/aromatic N) is 3. The monoisotopic (exact) mass is 442 g/mol. The average Bonchev–Trinajstić information content (AvgIpc) is 3.28. The summed E-state index contributed by atoms with van der Waals surface area (Å²) in [5, 5.41) is 27.6. The molecule has 3 rings (SSSR count). The van der Waals surface area contributed by atoms with Gasteiger partial charge in [0.05, 0.1) is 10.9 Å². The molecule has 0 unspecified atom stereocenters. The number of halogens is 3. The second kappa shape index (κ2) is 8.54. The second-order valence-electron chi connectivity index (χ2n) is 6.45. The molecule has 0 fully saturated rings. The van der Waals surface area contributed by atoms with Gasteiger partial charge in [-0.3, -0.25) is 0 Å². The standard InChI is InChI=1S/C18H17ClF2N4O3S/c1-10(23-6-11-4-15(19)29-16(11)17(26)27)18(28,7-25-9-22-8-24-25)13-3-2-12(20)5-14(13)21/h2-5,8-10,23,28H,6-7H2,1H3,(H,26,27)/t10-,18-/m1/s1. The van der Waals surface area contributed by atoms with Crippen LogP contribution in [0.3, 0.4) is 0 Å². The highest BCUT2D eigenvalue weighted by molar-refractivity contribution is 7.18. The van der Waals surface area contributed by atoms with Crippen LogP contribution in [-0.4, -0.2) is 37.0 Å². The Balaban J connectivity index is 1.90. The lowest BCUT2D eigenvalue weighted by atomic mass is 9.86. The molecular formula is C18H17ClF2N4O3S. The van der Waals surface area contributed by atoms with Crippen LogP contribution in [0.2, 0.25) is 4.34 Å². The van der Waals surface area contributed by atoms with Gasteiger partial charge in [0, 0.05) is 24.2 Å². The van der Waals surface area contributed by atoms with E-state index in [0.717, 1.165) is 17.4 Å². The summed E-state index contributed by atoms with van der Waals surface area (Å²) in [4.78, 5) is 15.2. The molecule has 0 aliphatic rings. The first kappa shape index (κ1) is 21.3. The zero-order chi connectivity index (χ0) is 21.2. The van der Waals surface area contributed by atoms with Crippen molar-refractivity contribution in [2.24, 2.45) is 0 Å². The summed E-state index contributed by atoms with van der Waals surface area (Å²) in [5.74, 6) is -2.80. The lowest BCUT2D eigenvalue weighted by molar-refractivity contribution is -0.0206. The van der Waals surface area contributed by atoms with Gasteiger partial charge in [0.1, 0.15) is 34.8 Å². The molecule has 0 saturated carbocycles. The number of thiophene rings is 1. The van der Waals surface area contributed by atoms with Crippen molar-refractivity contribution in [1.29, 1.82) is 0 Å². The third-order valence-corrected chi connectivity index (χ3v) is 5.85. The van der Waals surface area contributed by atoms with E-state index in [1.54, 1.807) is 6.92 Å². The Morgan fingerprint density at radius 2 is 2.17 bits per heavy atom. The van der Waals surface area contributed by atoms with Crippen molar-refractivity contribution in [3.8, 4) is 0 Å². The van der Waals surface area contributed by atoms with Crippen molar-refractivity contribution in [2.45, 2.75) is 31.7 Å². The van der Waals surface area contributed by atoms with E-state index >= 15 is 0 Å². The molecule has 2 atom stereocenters. The molecule has 0 aliphatic heterocycles. The van der Waals surface area contributed by atoms with E-state index in [9.17, 15) is 23.8 Å². The molecule has 11 heteroatoms. The molecule has 154 valence electrons. The number of carboxylic acids is 1. The van der Waals surface area contributed by atoms with Crippen LogP contribution < -0.4 is 5.32 Å². The predicted molar refractivity (Wildman–Crippen MR) is 103 cm³/mol. The number of carbonyl (C=O) groups is 1. The first-order valence-electron chi connectivity index (χ1n) is 8.46. The number of nitrogens with one attached hydrogen (secondary N) is 1. The van der Waals surface area contributed by atoms with Crippen molar-refractivity contribution in [1.82, 2.24) is 20.1 Å². The van der Waals surface area contributed by atoms with Crippen molar-refractivity contribution in [2.75, 3.05) is 0 Å². The fourth-order valence-electron chi connectivity index (χ4n) is 3.00. The van der Waals surface area contributed by atoms with Crippen LogP contribution >= 0.6 is 22.9 Å². The SMILES string of the molecule is C[C@@H](NCc1cc(Cl)sc1C(=O)O)[C@](O)(Cn1cncn1)c1ccc(F)cc1F. The largest absolute Gasteiger partial charge is 0.477 e. The zero-order valence-electron chi connectivity index (χ0n) is 15.1. The molecule has 2 heterocycles. The molecule has 29 heavy (non-hydrogen) atoms. The Labute approximate surface area is 173 Å². The van der Waals surface area contributed by atoms with Crippen LogP contribution in [0.5, 0.6) is 0 Å². The van der Waals surface area contributed by atoms with Crippen LogP contribution in [0.15, 0.2) is 36.9 Å². The fourth-order valence-corrected chi connectivity index (χ4v) is 4.11. The highest BCUT2D eigenvalue weighted by Crippen LogP contribution is 2.31. The summed E-state index contributed by atoms with van der Waals surface area (Å²) in [6.45, 7) is 1.50. The van der Waals surface area contributed by atoms with Gasteiger partial charge in [0.25, 0.3) is 0 Å². The van der Waals surface area contributed by atoms with E-state index in [4.69, 9.17) is 11.6 Å². The zero-order valence-corrected chi connectivity index (χ0v) is 16.7. The Kier molecular flexibility index (Phi) is 6.27. The summed E-state index contributed by atoms with van der Waals surface area (Å²) in [6.07, 6.45) is 2.63. The maximum Gasteiger partial charge on any atom is 0.346 e. The molecule has 1 aromatic carbocycles. The number of rotatable bonds is 8. The molecule has 0 bridgehead atoms. The van der Waals surface area contributed by atoms with Gasteiger partial charge in [-0.25, -0.2) is 23.2 Å². The molecule has 0 spiro atoms. The van der Waals surface area contributed by atoms with E-state index in [0.29, 0.717) is 16.0 Å². The first-order chi connectivity index (χ1) is 13.7. The number of hydrogen-bond donors (Lipinski definition) is 3. The number of aliphatic hydroxyl groups is 1. The van der Waals surface area contributed by atoms with Crippen LogP contribution in [-0.2, 0) is 18.7 Å². The van der Waals surface area contributed by atoms with Crippen LogP contribution in [0.1, 0.15) is 27.7 Å². The van der Waals surface area contributed by atoms with Crippen molar-refractivity contribution in [3.63, 3.8) is 0 Å². The lowest BCUT2D eigenvalue weighted by Crippen LogP contribution is -2.50. The van der Waals surface area contributed by atoms with Gasteiger partial charge >= 0.3 is 5.97 Å². The summed E-state index contributed by atoms with van der Waals surface area (Å²) < 4.78 is 29.5. The van der Waals surface area contributed by atoms with Gasteiger partial charge in [-0.2, -0.15) is 5.10 Å². The summed E-state index contributed by atoms with van der Waals surface area (Å²) in [6, 6.07) is 3.65. The second-order valence-corrected chi connectivity index (χ2v) is 8.14. The lowest BCUT2D eigenvalue weighted by Gasteiger charge is -2.35. The van der Waals surface area contributed by atoms with E-state index in [1.807, 2.05) is 0 Å². The minimum Gasteiger partial charge on any atom is -0.477 e. The highest BCUT2D eigenvalue weighted by atomic mass is 35.5. The molecule has 3 N–H and O–H groups in total. The molecule has 7 nitrogen and oxygen atoms in total. The van der Waals surface area contributed by atoms with Crippen LogP contribution in [0.4, 0.5) is 8.78 Å². The highest BCUT2D eigenvalue weighted by Gasteiger charge is 2.39. The molecule has 2 aromatic heterocycles. The Bertz CT molecular complexity index is 1010. The minimum absolute atomic E-state index is 0.0640.